The molecule has 0 aromatic heterocycles. The molecule has 0 aliphatic heterocycles. The van der Waals surface area contributed by atoms with Crippen molar-refractivity contribution in [3.8, 4) is 11.5 Å². The van der Waals surface area contributed by atoms with Gasteiger partial charge in [0.2, 0.25) is 10.0 Å². The van der Waals surface area contributed by atoms with Crippen LogP contribution in [-0.2, 0) is 16.6 Å². The summed E-state index contributed by atoms with van der Waals surface area (Å²) in [5.74, 6) is -3.42. The summed E-state index contributed by atoms with van der Waals surface area (Å²) < 4.78 is 61.9. The Morgan fingerprint density at radius 3 is 2.42 bits per heavy atom. The normalized spacial score (nSPS) is 11.1. The van der Waals surface area contributed by atoms with E-state index < -0.39 is 38.9 Å². The van der Waals surface area contributed by atoms with Gasteiger partial charge in [0, 0.05) is 6.07 Å². The average Bonchev–Trinajstić information content (AvgIpc) is 2.53. The number of benzene rings is 2. The predicted molar refractivity (Wildman–Crippen MR) is 91.0 cm³/mol. The van der Waals surface area contributed by atoms with Crippen LogP contribution in [-0.4, -0.2) is 27.7 Å². The monoisotopic (exact) mass is 405 g/mol. The Morgan fingerprint density at radius 1 is 1.15 bits per heavy atom. The summed E-state index contributed by atoms with van der Waals surface area (Å²) in [4.78, 5) is 11.7. The standard InChI is InChI=1S/C16H14ClF2NO5S/c1-24-14-4-3-9(5-11(14)17)8-25-15-7-12(18)10(6-13(15)19)16(21)20-26(2,22)23/h3-7H,8H2,1-2H3,(H,20,21). The quantitative estimate of drug-likeness (QED) is 0.799. The van der Waals surface area contributed by atoms with Gasteiger partial charge < -0.3 is 9.47 Å². The summed E-state index contributed by atoms with van der Waals surface area (Å²) >= 11 is 5.97. The number of hydrogen-bond acceptors (Lipinski definition) is 5. The fourth-order valence-corrected chi connectivity index (χ4v) is 2.72. The van der Waals surface area contributed by atoms with Crippen molar-refractivity contribution in [3.05, 3.63) is 58.1 Å². The molecule has 6 nitrogen and oxygen atoms in total. The van der Waals surface area contributed by atoms with E-state index in [9.17, 15) is 22.0 Å². The minimum absolute atomic E-state index is 0.116. The lowest BCUT2D eigenvalue weighted by molar-refractivity contribution is 0.0977. The molecule has 26 heavy (non-hydrogen) atoms. The van der Waals surface area contributed by atoms with Gasteiger partial charge in [0.1, 0.15) is 18.2 Å². The third-order valence-electron chi connectivity index (χ3n) is 3.15. The van der Waals surface area contributed by atoms with Gasteiger partial charge in [0.15, 0.2) is 11.6 Å². The first-order valence-electron chi connectivity index (χ1n) is 7.07. The third kappa shape index (κ3) is 5.06. The number of rotatable bonds is 6. The molecule has 10 heteroatoms. The summed E-state index contributed by atoms with van der Waals surface area (Å²) in [5.41, 5.74) is -0.178. The molecule has 0 bridgehead atoms. The van der Waals surface area contributed by atoms with Crippen LogP contribution in [0.25, 0.3) is 0 Å². The van der Waals surface area contributed by atoms with E-state index in [2.05, 4.69) is 0 Å². The van der Waals surface area contributed by atoms with Crippen LogP contribution in [0.2, 0.25) is 5.02 Å². The molecule has 0 unspecified atom stereocenters. The zero-order valence-electron chi connectivity index (χ0n) is 13.7. The molecule has 0 radical (unpaired) electrons. The van der Waals surface area contributed by atoms with Gasteiger partial charge in [-0.25, -0.2) is 21.9 Å². The first kappa shape index (κ1) is 19.9. The maximum absolute atomic E-state index is 14.1. The van der Waals surface area contributed by atoms with Gasteiger partial charge in [-0.15, -0.1) is 0 Å². The maximum atomic E-state index is 14.1. The largest absolute Gasteiger partial charge is 0.495 e. The second-order valence-electron chi connectivity index (χ2n) is 5.22. The van der Waals surface area contributed by atoms with Gasteiger partial charge in [-0.2, -0.15) is 0 Å². The Bertz CT molecular complexity index is 950. The second kappa shape index (κ2) is 7.88. The zero-order valence-corrected chi connectivity index (χ0v) is 15.2. The van der Waals surface area contributed by atoms with E-state index in [0.29, 0.717) is 28.5 Å². The van der Waals surface area contributed by atoms with Crippen LogP contribution >= 0.6 is 11.6 Å². The molecule has 0 aliphatic rings. The molecule has 0 spiro atoms. The first-order chi connectivity index (χ1) is 12.1. The highest BCUT2D eigenvalue weighted by Gasteiger charge is 2.19. The molecular formula is C16H14ClF2NO5S. The van der Waals surface area contributed by atoms with Gasteiger partial charge in [-0.05, 0) is 23.8 Å². The van der Waals surface area contributed by atoms with Crippen LogP contribution in [0.5, 0.6) is 11.5 Å². The van der Waals surface area contributed by atoms with Crippen molar-refractivity contribution in [2.45, 2.75) is 6.61 Å². The maximum Gasteiger partial charge on any atom is 0.267 e. The Morgan fingerprint density at radius 2 is 1.85 bits per heavy atom. The van der Waals surface area contributed by atoms with E-state index in [4.69, 9.17) is 21.1 Å². The number of sulfonamides is 1. The predicted octanol–water partition coefficient (Wildman–Crippen LogP) is 2.90. The van der Waals surface area contributed by atoms with Crippen molar-refractivity contribution in [1.29, 1.82) is 0 Å². The van der Waals surface area contributed by atoms with Crippen molar-refractivity contribution in [2.24, 2.45) is 0 Å². The molecule has 2 aromatic rings. The molecule has 2 rings (SSSR count). The molecule has 0 aliphatic carbocycles. The molecule has 2 aromatic carbocycles. The highest BCUT2D eigenvalue weighted by Crippen LogP contribution is 2.27. The highest BCUT2D eigenvalue weighted by atomic mass is 35.5. The number of halogens is 3. The Kier molecular flexibility index (Phi) is 6.04. The topological polar surface area (TPSA) is 81.7 Å². The highest BCUT2D eigenvalue weighted by molar-refractivity contribution is 7.89. The molecule has 0 fully saturated rings. The molecule has 140 valence electrons. The van der Waals surface area contributed by atoms with Crippen LogP contribution in [0.3, 0.4) is 0 Å². The van der Waals surface area contributed by atoms with E-state index >= 15 is 0 Å². The zero-order chi connectivity index (χ0) is 19.5. The molecule has 0 heterocycles. The molecule has 1 N–H and O–H groups in total. The third-order valence-corrected chi connectivity index (χ3v) is 4.01. The van der Waals surface area contributed by atoms with Crippen molar-refractivity contribution in [1.82, 2.24) is 4.72 Å². The number of amides is 1. The number of nitrogens with one attached hydrogen (secondary N) is 1. The van der Waals surface area contributed by atoms with Gasteiger partial charge >= 0.3 is 0 Å². The first-order valence-corrected chi connectivity index (χ1v) is 9.34. The minimum atomic E-state index is -3.91. The number of methoxy groups -OCH3 is 1. The SMILES string of the molecule is COc1ccc(COc2cc(F)c(C(=O)NS(C)(=O)=O)cc2F)cc1Cl. The number of carbonyl (C=O) groups excluding carboxylic acids is 1. The fraction of sp³-hybridized carbons (Fsp3) is 0.188. The number of carbonyl (C=O) groups is 1. The van der Waals surface area contributed by atoms with Crippen molar-refractivity contribution >= 4 is 27.5 Å². The van der Waals surface area contributed by atoms with Crippen LogP contribution in [0, 0.1) is 11.6 Å². The van der Waals surface area contributed by atoms with Gasteiger partial charge in [0.05, 0.1) is 24.0 Å². The van der Waals surface area contributed by atoms with E-state index in [-0.39, 0.29) is 6.61 Å². The van der Waals surface area contributed by atoms with E-state index in [1.807, 2.05) is 0 Å². The minimum Gasteiger partial charge on any atom is -0.495 e. The second-order valence-corrected chi connectivity index (χ2v) is 7.38. The Balaban J connectivity index is 2.17. The molecule has 1 amide bonds. The van der Waals surface area contributed by atoms with Crippen molar-refractivity contribution in [3.63, 3.8) is 0 Å². The van der Waals surface area contributed by atoms with Crippen molar-refractivity contribution in [2.75, 3.05) is 13.4 Å². The lowest BCUT2D eigenvalue weighted by Crippen LogP contribution is -2.30. The van der Waals surface area contributed by atoms with Crippen molar-refractivity contribution < 1.29 is 31.5 Å². The molecule has 0 saturated heterocycles. The average molecular weight is 406 g/mol. The van der Waals surface area contributed by atoms with E-state index in [1.165, 1.54) is 7.11 Å². The summed E-state index contributed by atoms with van der Waals surface area (Å²) in [6.07, 6.45) is 0.719. The fourth-order valence-electron chi connectivity index (χ4n) is 2.00. The number of hydrogen-bond donors (Lipinski definition) is 1. The Labute approximate surface area is 153 Å². The van der Waals surface area contributed by atoms with E-state index in [1.54, 1.807) is 22.9 Å². The van der Waals surface area contributed by atoms with Crippen LogP contribution in [0.15, 0.2) is 30.3 Å². The summed E-state index contributed by atoms with van der Waals surface area (Å²) in [6.45, 7) is -0.116. The van der Waals surface area contributed by atoms with Crippen LogP contribution in [0.1, 0.15) is 15.9 Å². The van der Waals surface area contributed by atoms with Gasteiger partial charge in [-0.3, -0.25) is 4.79 Å². The smallest absolute Gasteiger partial charge is 0.267 e. The Hall–Kier alpha value is -2.39. The van der Waals surface area contributed by atoms with Gasteiger partial charge in [0.25, 0.3) is 5.91 Å². The van der Waals surface area contributed by atoms with Crippen LogP contribution < -0.4 is 14.2 Å². The summed E-state index contributed by atoms with van der Waals surface area (Å²) in [6, 6.07) is 6.00. The molecule has 0 atom stereocenters. The lowest BCUT2D eigenvalue weighted by atomic mass is 10.2. The lowest BCUT2D eigenvalue weighted by Gasteiger charge is -2.11. The molecular weight excluding hydrogens is 392 g/mol. The summed E-state index contributed by atoms with van der Waals surface area (Å²) in [7, 11) is -2.45. The van der Waals surface area contributed by atoms with Crippen LogP contribution in [0.4, 0.5) is 8.78 Å². The molecule has 0 saturated carbocycles. The van der Waals surface area contributed by atoms with E-state index in [0.717, 1.165) is 6.26 Å². The van der Waals surface area contributed by atoms with Gasteiger partial charge in [-0.1, -0.05) is 17.7 Å². The summed E-state index contributed by atoms with van der Waals surface area (Å²) in [5, 5.41) is 0.327. The number of ether oxygens (including phenoxy) is 2.